The quantitative estimate of drug-likeness (QED) is 0.178. The zero-order valence-electron chi connectivity index (χ0n) is 27.3. The molecule has 0 amide bonds. The zero-order valence-corrected chi connectivity index (χ0v) is 27.3. The summed E-state index contributed by atoms with van der Waals surface area (Å²) in [6.45, 7) is 0. The van der Waals surface area contributed by atoms with E-state index in [1.54, 1.807) is 0 Å². The van der Waals surface area contributed by atoms with Crippen molar-refractivity contribution in [3.05, 3.63) is 164 Å². The number of rotatable bonds is 4. The van der Waals surface area contributed by atoms with E-state index in [1.807, 2.05) is 30.3 Å². The molecule has 1 aromatic heterocycles. The van der Waals surface area contributed by atoms with Crippen LogP contribution in [-0.4, -0.2) is 15.0 Å². The third-order valence-electron chi connectivity index (χ3n) is 10.3. The van der Waals surface area contributed by atoms with E-state index in [4.69, 9.17) is 19.7 Å². The minimum atomic E-state index is 0.573. The van der Waals surface area contributed by atoms with Crippen LogP contribution in [0.25, 0.3) is 99.2 Å². The molecular formula is C47H27N3O. The second kappa shape index (κ2) is 10.8. The molecule has 0 aliphatic carbocycles. The molecule has 0 fully saturated rings. The maximum absolute atomic E-state index is 6.83. The summed E-state index contributed by atoms with van der Waals surface area (Å²) >= 11 is 0. The van der Waals surface area contributed by atoms with Gasteiger partial charge in [0.2, 0.25) is 0 Å². The summed E-state index contributed by atoms with van der Waals surface area (Å²) in [6, 6.07) is 57.4. The average Bonchev–Trinajstić information content (AvgIpc) is 3.20. The molecule has 51 heavy (non-hydrogen) atoms. The van der Waals surface area contributed by atoms with Crippen LogP contribution in [0.3, 0.4) is 0 Å². The topological polar surface area (TPSA) is 47.9 Å². The molecule has 0 bridgehead atoms. The molecule has 11 rings (SSSR count). The van der Waals surface area contributed by atoms with Crippen LogP contribution in [0.4, 0.5) is 0 Å². The summed E-state index contributed by atoms with van der Waals surface area (Å²) < 4.78 is 6.83. The van der Waals surface area contributed by atoms with Gasteiger partial charge in [0.1, 0.15) is 11.5 Å². The summed E-state index contributed by atoms with van der Waals surface area (Å²) in [5.74, 6) is 3.43. The highest BCUT2D eigenvalue weighted by Crippen LogP contribution is 2.50. The Balaban J connectivity index is 1.17. The third kappa shape index (κ3) is 4.23. The number of fused-ring (bicyclic) bond motifs is 3. The highest BCUT2D eigenvalue weighted by atomic mass is 16.5. The molecule has 2 heterocycles. The van der Waals surface area contributed by atoms with E-state index in [0.29, 0.717) is 17.5 Å². The number of nitrogens with zero attached hydrogens (tertiary/aromatic N) is 3. The number of hydrogen-bond acceptors (Lipinski definition) is 4. The molecule has 0 saturated heterocycles. The molecule has 0 unspecified atom stereocenters. The molecule has 4 nitrogen and oxygen atoms in total. The Morgan fingerprint density at radius 2 is 0.863 bits per heavy atom. The molecule has 4 heteroatoms. The van der Waals surface area contributed by atoms with Crippen LogP contribution >= 0.6 is 0 Å². The normalized spacial score (nSPS) is 12.1. The van der Waals surface area contributed by atoms with Gasteiger partial charge in [-0.3, -0.25) is 0 Å². The standard InChI is InChI=1S/C47H27N3O/c1-3-10-28(11-4-1)33-15-8-16-34-35-17-9-18-38(37(35)27-26-36(33)34)46-48-45(32-12-5-2-6-13-32)49-47(50-46)39-25-24-31-23-22-30-21-20-29-14-7-19-40-41(29)42(30)43(31)44(39)51-40/h1-27H. The van der Waals surface area contributed by atoms with Crippen LogP contribution < -0.4 is 4.74 Å². The molecule has 0 atom stereocenters. The Morgan fingerprint density at radius 1 is 0.314 bits per heavy atom. The van der Waals surface area contributed by atoms with Crippen molar-refractivity contribution in [1.29, 1.82) is 0 Å². The van der Waals surface area contributed by atoms with Gasteiger partial charge < -0.3 is 4.74 Å². The predicted molar refractivity (Wildman–Crippen MR) is 209 cm³/mol. The van der Waals surface area contributed by atoms with Gasteiger partial charge >= 0.3 is 0 Å². The molecule has 9 aromatic carbocycles. The van der Waals surface area contributed by atoms with Crippen molar-refractivity contribution in [1.82, 2.24) is 15.0 Å². The fourth-order valence-electron chi connectivity index (χ4n) is 7.94. The molecule has 0 N–H and O–H groups in total. The maximum atomic E-state index is 6.83. The smallest absolute Gasteiger partial charge is 0.167 e. The fraction of sp³-hybridized carbons (Fsp3) is 0. The average molecular weight is 650 g/mol. The van der Waals surface area contributed by atoms with E-state index < -0.39 is 0 Å². The van der Waals surface area contributed by atoms with Gasteiger partial charge in [0.15, 0.2) is 17.5 Å². The van der Waals surface area contributed by atoms with E-state index in [2.05, 4.69) is 133 Å². The summed E-state index contributed by atoms with van der Waals surface area (Å²) in [5.41, 5.74) is 5.12. The molecular weight excluding hydrogens is 623 g/mol. The highest BCUT2D eigenvalue weighted by Gasteiger charge is 2.25. The second-order valence-corrected chi connectivity index (χ2v) is 13.1. The van der Waals surface area contributed by atoms with Crippen molar-refractivity contribution in [2.75, 3.05) is 0 Å². The lowest BCUT2D eigenvalue weighted by Gasteiger charge is -2.22. The largest absolute Gasteiger partial charge is 0.455 e. The van der Waals surface area contributed by atoms with Crippen LogP contribution in [0, 0.1) is 0 Å². The fourth-order valence-corrected chi connectivity index (χ4v) is 7.94. The van der Waals surface area contributed by atoms with Gasteiger partial charge in [-0.05, 0) is 61.0 Å². The Kier molecular flexibility index (Phi) is 5.92. The monoisotopic (exact) mass is 649 g/mol. The Bertz CT molecular complexity index is 3040. The van der Waals surface area contributed by atoms with Gasteiger partial charge in [-0.25, -0.2) is 15.0 Å². The van der Waals surface area contributed by atoms with Gasteiger partial charge in [-0.15, -0.1) is 0 Å². The van der Waals surface area contributed by atoms with Gasteiger partial charge in [0.05, 0.1) is 5.56 Å². The first-order valence-electron chi connectivity index (χ1n) is 17.2. The first kappa shape index (κ1) is 28.0. The highest BCUT2D eigenvalue weighted by molar-refractivity contribution is 6.26. The van der Waals surface area contributed by atoms with Crippen molar-refractivity contribution in [3.63, 3.8) is 0 Å². The lowest BCUT2D eigenvalue weighted by molar-refractivity contribution is 0.494. The summed E-state index contributed by atoms with van der Waals surface area (Å²) in [4.78, 5) is 15.5. The maximum Gasteiger partial charge on any atom is 0.167 e. The molecule has 0 radical (unpaired) electrons. The Labute approximate surface area is 293 Å². The first-order chi connectivity index (χ1) is 25.3. The summed E-state index contributed by atoms with van der Waals surface area (Å²) in [6.07, 6.45) is 0. The zero-order chi connectivity index (χ0) is 33.5. The van der Waals surface area contributed by atoms with Crippen LogP contribution in [0.5, 0.6) is 11.5 Å². The Hall–Kier alpha value is -6.91. The van der Waals surface area contributed by atoms with Gasteiger partial charge in [0, 0.05) is 27.3 Å². The molecule has 10 aromatic rings. The molecule has 0 saturated carbocycles. The van der Waals surface area contributed by atoms with Gasteiger partial charge in [0.25, 0.3) is 0 Å². The minimum absolute atomic E-state index is 0.573. The van der Waals surface area contributed by atoms with E-state index in [0.717, 1.165) is 60.5 Å². The Morgan fingerprint density at radius 3 is 1.59 bits per heavy atom. The van der Waals surface area contributed by atoms with Crippen LogP contribution in [-0.2, 0) is 0 Å². The van der Waals surface area contributed by atoms with Crippen molar-refractivity contribution < 1.29 is 4.74 Å². The van der Waals surface area contributed by atoms with E-state index in [1.165, 1.54) is 32.7 Å². The second-order valence-electron chi connectivity index (χ2n) is 13.1. The van der Waals surface area contributed by atoms with Crippen molar-refractivity contribution in [3.8, 4) is 56.8 Å². The van der Waals surface area contributed by atoms with E-state index >= 15 is 0 Å². The molecule has 1 aliphatic rings. The molecule has 0 spiro atoms. The third-order valence-corrected chi connectivity index (χ3v) is 10.3. The molecule has 236 valence electrons. The minimum Gasteiger partial charge on any atom is -0.455 e. The SMILES string of the molecule is c1ccc(-c2nc(-c3ccc4ccc5ccc6cccc7c6c5c4c3O7)nc(-c3cccc4c3ccc3c(-c5ccccc5)cccc34)n2)cc1. The first-order valence-corrected chi connectivity index (χ1v) is 17.2. The van der Waals surface area contributed by atoms with E-state index in [9.17, 15) is 0 Å². The predicted octanol–water partition coefficient (Wildman–Crippen LogP) is 12.4. The number of benzene rings is 9. The van der Waals surface area contributed by atoms with Gasteiger partial charge in [-0.2, -0.15) is 0 Å². The lowest BCUT2D eigenvalue weighted by Crippen LogP contribution is -2.03. The van der Waals surface area contributed by atoms with E-state index in [-0.39, 0.29) is 0 Å². The van der Waals surface area contributed by atoms with Crippen molar-refractivity contribution in [2.24, 2.45) is 0 Å². The molecule has 1 aliphatic heterocycles. The lowest BCUT2D eigenvalue weighted by atomic mass is 9.92. The van der Waals surface area contributed by atoms with Crippen LogP contribution in [0.1, 0.15) is 0 Å². The summed E-state index contributed by atoms with van der Waals surface area (Å²) in [7, 11) is 0. The van der Waals surface area contributed by atoms with Crippen LogP contribution in [0.15, 0.2) is 164 Å². The number of aromatic nitrogens is 3. The van der Waals surface area contributed by atoms with Gasteiger partial charge in [-0.1, -0.05) is 152 Å². The van der Waals surface area contributed by atoms with Crippen molar-refractivity contribution >= 4 is 53.9 Å². The number of ether oxygens (including phenoxy) is 1. The van der Waals surface area contributed by atoms with Crippen LogP contribution in [0.2, 0.25) is 0 Å². The number of hydrogen-bond donors (Lipinski definition) is 0. The van der Waals surface area contributed by atoms with Crippen molar-refractivity contribution in [2.45, 2.75) is 0 Å². The summed E-state index contributed by atoms with van der Waals surface area (Å²) in [5, 5.41) is 11.6.